The van der Waals surface area contributed by atoms with Gasteiger partial charge in [-0.3, -0.25) is 9.59 Å². The van der Waals surface area contributed by atoms with Gasteiger partial charge in [0.05, 0.1) is 6.61 Å². The van der Waals surface area contributed by atoms with Gasteiger partial charge < -0.3 is 15.0 Å². The standard InChI is InChI=1S/C23H22N2O3/c1-16(26)24-22-20-9-4-5-10-21(20)25(23(22)27)13-6-14-28-19-12-11-17-7-2-3-8-18(17)15-19/h2-5,7-12,15,22H,6,13-14H2,1H3,(H,24,26). The number of anilines is 1. The Bertz CT molecular complexity index is 1030. The molecule has 0 radical (unpaired) electrons. The van der Waals surface area contributed by atoms with E-state index in [-0.39, 0.29) is 11.8 Å². The number of hydrogen-bond acceptors (Lipinski definition) is 3. The van der Waals surface area contributed by atoms with Crippen LogP contribution >= 0.6 is 0 Å². The highest BCUT2D eigenvalue weighted by molar-refractivity contribution is 6.06. The minimum Gasteiger partial charge on any atom is -0.494 e. The first-order valence-corrected chi connectivity index (χ1v) is 9.42. The quantitative estimate of drug-likeness (QED) is 0.667. The molecule has 142 valence electrons. The van der Waals surface area contributed by atoms with Crippen LogP contribution in [0.5, 0.6) is 5.75 Å². The molecule has 5 heteroatoms. The van der Waals surface area contributed by atoms with E-state index in [9.17, 15) is 9.59 Å². The Labute approximate surface area is 163 Å². The molecule has 0 aromatic heterocycles. The van der Waals surface area contributed by atoms with Crippen molar-refractivity contribution < 1.29 is 14.3 Å². The van der Waals surface area contributed by atoms with Crippen LogP contribution in [0.1, 0.15) is 24.9 Å². The Morgan fingerprint density at radius 1 is 1.04 bits per heavy atom. The van der Waals surface area contributed by atoms with E-state index in [0.717, 1.165) is 22.4 Å². The molecule has 4 rings (SSSR count). The summed E-state index contributed by atoms with van der Waals surface area (Å²) in [5.41, 5.74) is 1.70. The predicted octanol–water partition coefficient (Wildman–Crippen LogP) is 3.83. The van der Waals surface area contributed by atoms with Crippen LogP contribution in [0.25, 0.3) is 10.8 Å². The van der Waals surface area contributed by atoms with Crippen LogP contribution in [-0.4, -0.2) is 25.0 Å². The molecule has 28 heavy (non-hydrogen) atoms. The number of nitrogens with zero attached hydrogens (tertiary/aromatic N) is 1. The zero-order valence-corrected chi connectivity index (χ0v) is 15.7. The van der Waals surface area contributed by atoms with E-state index in [2.05, 4.69) is 17.4 Å². The summed E-state index contributed by atoms with van der Waals surface area (Å²) >= 11 is 0. The fraction of sp³-hybridized carbons (Fsp3) is 0.217. The van der Waals surface area contributed by atoms with Crippen molar-refractivity contribution in [1.82, 2.24) is 5.32 Å². The molecule has 0 aliphatic carbocycles. The number of nitrogens with one attached hydrogen (secondary N) is 1. The molecule has 1 heterocycles. The molecule has 1 atom stereocenters. The van der Waals surface area contributed by atoms with Crippen LogP contribution in [0.4, 0.5) is 5.69 Å². The highest BCUT2D eigenvalue weighted by Gasteiger charge is 2.37. The molecule has 0 saturated carbocycles. The minimum absolute atomic E-state index is 0.0953. The Hall–Kier alpha value is -3.34. The molecule has 1 N–H and O–H groups in total. The van der Waals surface area contributed by atoms with E-state index >= 15 is 0 Å². The lowest BCUT2D eigenvalue weighted by atomic mass is 10.1. The molecule has 1 aliphatic rings. The van der Waals surface area contributed by atoms with E-state index in [0.29, 0.717) is 19.6 Å². The summed E-state index contributed by atoms with van der Waals surface area (Å²) in [5, 5.41) is 5.07. The SMILES string of the molecule is CC(=O)NC1C(=O)N(CCCOc2ccc3ccccc3c2)c2ccccc21. The van der Waals surface area contributed by atoms with Gasteiger partial charge >= 0.3 is 0 Å². The Kier molecular flexibility index (Phi) is 4.98. The second-order valence-corrected chi connectivity index (χ2v) is 6.89. The summed E-state index contributed by atoms with van der Waals surface area (Å²) in [7, 11) is 0. The third-order valence-corrected chi connectivity index (χ3v) is 4.91. The summed E-state index contributed by atoms with van der Waals surface area (Å²) in [5.74, 6) is 0.514. The first-order chi connectivity index (χ1) is 13.6. The second kappa shape index (κ2) is 7.72. The summed E-state index contributed by atoms with van der Waals surface area (Å²) in [6.45, 7) is 2.48. The lowest BCUT2D eigenvalue weighted by Gasteiger charge is -2.18. The van der Waals surface area contributed by atoms with Crippen LogP contribution in [-0.2, 0) is 9.59 Å². The van der Waals surface area contributed by atoms with E-state index in [1.54, 1.807) is 4.90 Å². The maximum absolute atomic E-state index is 12.8. The molecule has 1 aliphatic heterocycles. The number of para-hydroxylation sites is 1. The van der Waals surface area contributed by atoms with Crippen molar-refractivity contribution >= 4 is 28.3 Å². The first-order valence-electron chi connectivity index (χ1n) is 9.42. The molecule has 1 unspecified atom stereocenters. The third kappa shape index (κ3) is 3.56. The van der Waals surface area contributed by atoms with E-state index in [1.807, 2.05) is 54.6 Å². The van der Waals surface area contributed by atoms with Crippen molar-refractivity contribution in [1.29, 1.82) is 0 Å². The lowest BCUT2D eigenvalue weighted by molar-refractivity contribution is -0.126. The molecule has 0 spiro atoms. The third-order valence-electron chi connectivity index (χ3n) is 4.91. The number of benzene rings is 3. The van der Waals surface area contributed by atoms with Gasteiger partial charge in [0.2, 0.25) is 5.91 Å². The van der Waals surface area contributed by atoms with Gasteiger partial charge in [-0.2, -0.15) is 0 Å². The Morgan fingerprint density at radius 3 is 2.61 bits per heavy atom. The highest BCUT2D eigenvalue weighted by Crippen LogP contribution is 2.35. The molecule has 0 bridgehead atoms. The predicted molar refractivity (Wildman–Crippen MR) is 109 cm³/mol. The zero-order valence-electron chi connectivity index (χ0n) is 15.7. The molecule has 0 fully saturated rings. The molecule has 0 saturated heterocycles. The normalized spacial score (nSPS) is 15.5. The molecular weight excluding hydrogens is 352 g/mol. The van der Waals surface area contributed by atoms with Gasteiger partial charge in [-0.05, 0) is 35.4 Å². The maximum atomic E-state index is 12.8. The smallest absolute Gasteiger partial charge is 0.254 e. The van der Waals surface area contributed by atoms with Gasteiger partial charge in [0.25, 0.3) is 5.91 Å². The average Bonchev–Trinajstić information content (AvgIpc) is 2.96. The van der Waals surface area contributed by atoms with Crippen molar-refractivity contribution in [2.24, 2.45) is 0 Å². The van der Waals surface area contributed by atoms with Crippen molar-refractivity contribution in [2.75, 3.05) is 18.1 Å². The summed E-state index contributed by atoms with van der Waals surface area (Å²) < 4.78 is 5.88. The van der Waals surface area contributed by atoms with Gasteiger partial charge in [0, 0.05) is 24.7 Å². The van der Waals surface area contributed by atoms with Crippen LogP contribution in [0, 0.1) is 0 Å². The van der Waals surface area contributed by atoms with E-state index in [4.69, 9.17) is 4.74 Å². The molecule has 3 aromatic carbocycles. The Balaban J connectivity index is 1.39. The number of fused-ring (bicyclic) bond motifs is 2. The maximum Gasteiger partial charge on any atom is 0.254 e. The number of rotatable bonds is 6. The van der Waals surface area contributed by atoms with Crippen molar-refractivity contribution in [3.63, 3.8) is 0 Å². The van der Waals surface area contributed by atoms with E-state index in [1.165, 1.54) is 12.3 Å². The van der Waals surface area contributed by atoms with Crippen molar-refractivity contribution in [3.05, 3.63) is 72.3 Å². The number of carbonyl (C=O) groups excluding carboxylic acids is 2. The number of amides is 2. The molecule has 3 aromatic rings. The minimum atomic E-state index is -0.602. The van der Waals surface area contributed by atoms with Gasteiger partial charge in [-0.1, -0.05) is 48.5 Å². The molecular formula is C23H22N2O3. The van der Waals surface area contributed by atoms with Crippen molar-refractivity contribution in [3.8, 4) is 5.75 Å². The van der Waals surface area contributed by atoms with Crippen LogP contribution in [0.3, 0.4) is 0 Å². The number of ether oxygens (including phenoxy) is 1. The van der Waals surface area contributed by atoms with Crippen LogP contribution in [0.15, 0.2) is 66.7 Å². The van der Waals surface area contributed by atoms with Crippen LogP contribution < -0.4 is 15.0 Å². The lowest BCUT2D eigenvalue weighted by Crippen LogP contribution is -2.37. The molecule has 2 amide bonds. The topological polar surface area (TPSA) is 58.6 Å². The van der Waals surface area contributed by atoms with Gasteiger partial charge in [0.15, 0.2) is 0 Å². The number of carbonyl (C=O) groups is 2. The zero-order chi connectivity index (χ0) is 19.5. The monoisotopic (exact) mass is 374 g/mol. The first kappa shape index (κ1) is 18.0. The number of hydrogen-bond donors (Lipinski definition) is 1. The van der Waals surface area contributed by atoms with Gasteiger partial charge in [-0.15, -0.1) is 0 Å². The van der Waals surface area contributed by atoms with E-state index < -0.39 is 6.04 Å². The fourth-order valence-electron chi connectivity index (χ4n) is 3.63. The largest absolute Gasteiger partial charge is 0.494 e. The fourth-order valence-corrected chi connectivity index (χ4v) is 3.63. The molecule has 5 nitrogen and oxygen atoms in total. The van der Waals surface area contributed by atoms with Gasteiger partial charge in [0.1, 0.15) is 11.8 Å². The highest BCUT2D eigenvalue weighted by atomic mass is 16.5. The van der Waals surface area contributed by atoms with Crippen LogP contribution in [0.2, 0.25) is 0 Å². The Morgan fingerprint density at radius 2 is 1.79 bits per heavy atom. The summed E-state index contributed by atoms with van der Waals surface area (Å²) in [4.78, 5) is 26.0. The van der Waals surface area contributed by atoms with Gasteiger partial charge in [-0.25, -0.2) is 0 Å². The van der Waals surface area contributed by atoms with Crippen molar-refractivity contribution in [2.45, 2.75) is 19.4 Å². The average molecular weight is 374 g/mol. The second-order valence-electron chi connectivity index (χ2n) is 6.89. The summed E-state index contributed by atoms with van der Waals surface area (Å²) in [6, 6.07) is 21.2. The summed E-state index contributed by atoms with van der Waals surface area (Å²) in [6.07, 6.45) is 0.694.